The molecule has 0 heterocycles. The standard InChI is InChI=1S/C17H16ClF2N3O2/c1-23(9-16(24)21-14-5-3-2-4-12(14)18)10-17(25)22-15-8-11(19)6-7-13(15)20/h2-8H,9-10H2,1H3,(H,21,24)(H,22,25)/p+1. The van der Waals surface area contributed by atoms with Crippen molar-refractivity contribution in [1.82, 2.24) is 0 Å². The molecular formula is C17H17ClF2N3O2+. The maximum absolute atomic E-state index is 13.5. The summed E-state index contributed by atoms with van der Waals surface area (Å²) in [6.07, 6.45) is 0. The highest BCUT2D eigenvalue weighted by molar-refractivity contribution is 6.33. The lowest BCUT2D eigenvalue weighted by atomic mass is 10.3. The molecule has 0 spiro atoms. The van der Waals surface area contributed by atoms with Gasteiger partial charge in [0.25, 0.3) is 11.8 Å². The minimum atomic E-state index is -0.733. The van der Waals surface area contributed by atoms with Crippen LogP contribution in [0.4, 0.5) is 20.2 Å². The van der Waals surface area contributed by atoms with Gasteiger partial charge in [-0.25, -0.2) is 8.78 Å². The third-order valence-electron chi connectivity index (χ3n) is 3.28. The second kappa shape index (κ2) is 8.55. The number of para-hydroxylation sites is 1. The zero-order valence-electron chi connectivity index (χ0n) is 13.4. The monoisotopic (exact) mass is 368 g/mol. The highest BCUT2D eigenvalue weighted by Gasteiger charge is 2.16. The van der Waals surface area contributed by atoms with Crippen LogP contribution in [0.2, 0.25) is 5.02 Å². The minimum absolute atomic E-state index is 0.00424. The average Bonchev–Trinajstić information content (AvgIpc) is 2.52. The van der Waals surface area contributed by atoms with E-state index in [2.05, 4.69) is 10.6 Å². The van der Waals surface area contributed by atoms with Crippen molar-refractivity contribution in [3.8, 4) is 0 Å². The van der Waals surface area contributed by atoms with E-state index in [4.69, 9.17) is 11.6 Å². The van der Waals surface area contributed by atoms with E-state index < -0.39 is 17.5 Å². The maximum atomic E-state index is 13.5. The number of halogens is 3. The topological polar surface area (TPSA) is 62.6 Å². The summed E-state index contributed by atoms with van der Waals surface area (Å²) in [5.74, 6) is -2.25. The van der Waals surface area contributed by atoms with E-state index in [1.54, 1.807) is 31.3 Å². The molecule has 2 amide bonds. The van der Waals surface area contributed by atoms with E-state index in [1.165, 1.54) is 0 Å². The van der Waals surface area contributed by atoms with Gasteiger partial charge < -0.3 is 15.5 Å². The molecule has 0 aliphatic heterocycles. The highest BCUT2D eigenvalue weighted by Crippen LogP contribution is 2.19. The van der Waals surface area contributed by atoms with E-state index in [0.29, 0.717) is 15.6 Å². The van der Waals surface area contributed by atoms with E-state index in [0.717, 1.165) is 18.2 Å². The van der Waals surface area contributed by atoms with Crippen LogP contribution in [-0.4, -0.2) is 32.0 Å². The maximum Gasteiger partial charge on any atom is 0.279 e. The largest absolute Gasteiger partial charge is 0.322 e. The van der Waals surface area contributed by atoms with Gasteiger partial charge >= 0.3 is 0 Å². The first-order chi connectivity index (χ1) is 11.8. The summed E-state index contributed by atoms with van der Waals surface area (Å²) >= 11 is 5.96. The molecule has 132 valence electrons. The van der Waals surface area contributed by atoms with Gasteiger partial charge in [0.05, 0.1) is 23.4 Å². The van der Waals surface area contributed by atoms with Crippen molar-refractivity contribution in [2.75, 3.05) is 30.8 Å². The lowest BCUT2D eigenvalue weighted by Crippen LogP contribution is -3.11. The molecule has 0 saturated heterocycles. The molecule has 0 radical (unpaired) electrons. The van der Waals surface area contributed by atoms with Gasteiger partial charge in [-0.15, -0.1) is 0 Å². The minimum Gasteiger partial charge on any atom is -0.322 e. The fraction of sp³-hybridized carbons (Fsp3) is 0.176. The van der Waals surface area contributed by atoms with Crippen LogP contribution in [0.1, 0.15) is 0 Å². The molecule has 1 unspecified atom stereocenters. The molecule has 25 heavy (non-hydrogen) atoms. The van der Waals surface area contributed by atoms with E-state index in [9.17, 15) is 18.4 Å². The van der Waals surface area contributed by atoms with Gasteiger partial charge in [0.2, 0.25) is 0 Å². The summed E-state index contributed by atoms with van der Waals surface area (Å²) in [5, 5.41) is 5.34. The Morgan fingerprint density at radius 1 is 1.00 bits per heavy atom. The van der Waals surface area contributed by atoms with Crippen molar-refractivity contribution < 1.29 is 23.3 Å². The molecule has 2 aromatic rings. The number of anilines is 2. The number of amides is 2. The molecule has 0 bridgehead atoms. The predicted molar refractivity (Wildman–Crippen MR) is 91.7 cm³/mol. The van der Waals surface area contributed by atoms with Gasteiger partial charge in [-0.05, 0) is 24.3 Å². The van der Waals surface area contributed by atoms with Crippen LogP contribution in [0.25, 0.3) is 0 Å². The summed E-state index contributed by atoms with van der Waals surface area (Å²) in [6, 6.07) is 9.57. The van der Waals surface area contributed by atoms with Crippen LogP contribution in [-0.2, 0) is 9.59 Å². The van der Waals surface area contributed by atoms with Crippen LogP contribution >= 0.6 is 11.6 Å². The van der Waals surface area contributed by atoms with Crippen molar-refractivity contribution in [2.24, 2.45) is 0 Å². The Kier molecular flexibility index (Phi) is 6.44. The van der Waals surface area contributed by atoms with E-state index in [1.807, 2.05) is 0 Å². The molecule has 0 aliphatic carbocycles. The third kappa shape index (κ3) is 5.81. The van der Waals surface area contributed by atoms with E-state index in [-0.39, 0.29) is 24.7 Å². The summed E-state index contributed by atoms with van der Waals surface area (Å²) in [7, 11) is 1.63. The highest BCUT2D eigenvalue weighted by atomic mass is 35.5. The smallest absolute Gasteiger partial charge is 0.279 e. The predicted octanol–water partition coefficient (Wildman–Crippen LogP) is 1.71. The summed E-state index contributed by atoms with van der Waals surface area (Å²) in [6.45, 7) is -0.0871. The SMILES string of the molecule is C[NH+](CC(=O)Nc1cc(F)ccc1F)CC(=O)Nc1ccccc1Cl. The van der Waals surface area contributed by atoms with Gasteiger partial charge in [0.15, 0.2) is 13.1 Å². The zero-order valence-corrected chi connectivity index (χ0v) is 14.2. The number of rotatable bonds is 6. The van der Waals surface area contributed by atoms with Crippen molar-refractivity contribution >= 4 is 34.8 Å². The number of carbonyl (C=O) groups is 2. The second-order valence-electron chi connectivity index (χ2n) is 5.51. The van der Waals surface area contributed by atoms with Crippen molar-refractivity contribution in [1.29, 1.82) is 0 Å². The molecule has 0 aromatic heterocycles. The van der Waals surface area contributed by atoms with Crippen molar-refractivity contribution in [2.45, 2.75) is 0 Å². The quantitative estimate of drug-likeness (QED) is 0.727. The number of benzene rings is 2. The molecule has 3 N–H and O–H groups in total. The third-order valence-corrected chi connectivity index (χ3v) is 3.60. The number of nitrogens with one attached hydrogen (secondary N) is 3. The Balaban J connectivity index is 1.85. The summed E-state index contributed by atoms with van der Waals surface area (Å²) < 4.78 is 26.6. The molecule has 2 aromatic carbocycles. The van der Waals surface area contributed by atoms with Crippen LogP contribution < -0.4 is 15.5 Å². The van der Waals surface area contributed by atoms with Crippen molar-refractivity contribution in [3.63, 3.8) is 0 Å². The van der Waals surface area contributed by atoms with Crippen LogP contribution in [0.15, 0.2) is 42.5 Å². The number of hydrogen-bond acceptors (Lipinski definition) is 2. The number of hydrogen-bond donors (Lipinski definition) is 3. The molecule has 8 heteroatoms. The molecule has 0 aliphatic rings. The average molecular weight is 369 g/mol. The Hall–Kier alpha value is -2.51. The lowest BCUT2D eigenvalue weighted by molar-refractivity contribution is -0.862. The second-order valence-corrected chi connectivity index (χ2v) is 5.92. The van der Waals surface area contributed by atoms with Gasteiger partial charge in [-0.1, -0.05) is 23.7 Å². The summed E-state index contributed by atoms with van der Waals surface area (Å²) in [5.41, 5.74) is 0.242. The molecular weight excluding hydrogens is 352 g/mol. The zero-order chi connectivity index (χ0) is 18.4. The molecule has 0 saturated carbocycles. The lowest BCUT2D eigenvalue weighted by Gasteiger charge is -2.14. The Bertz CT molecular complexity index is 786. The first-order valence-corrected chi connectivity index (χ1v) is 7.83. The summed E-state index contributed by atoms with van der Waals surface area (Å²) in [4.78, 5) is 24.5. The van der Waals surface area contributed by atoms with Gasteiger partial charge in [-0.2, -0.15) is 0 Å². The Labute approximate surface area is 148 Å². The van der Waals surface area contributed by atoms with Crippen molar-refractivity contribution in [3.05, 3.63) is 59.1 Å². The fourth-order valence-electron chi connectivity index (χ4n) is 2.16. The van der Waals surface area contributed by atoms with Gasteiger partial charge in [0.1, 0.15) is 11.6 Å². The van der Waals surface area contributed by atoms with Crippen LogP contribution in [0.5, 0.6) is 0 Å². The molecule has 0 fully saturated rings. The Morgan fingerprint density at radius 2 is 1.60 bits per heavy atom. The molecule has 1 atom stereocenters. The molecule has 2 rings (SSSR count). The number of likely N-dealkylation sites (N-methyl/N-ethyl adjacent to an activating group) is 1. The van der Waals surface area contributed by atoms with Gasteiger partial charge in [0, 0.05) is 6.07 Å². The first-order valence-electron chi connectivity index (χ1n) is 7.45. The number of quaternary nitrogens is 1. The van der Waals surface area contributed by atoms with Crippen LogP contribution in [0.3, 0.4) is 0 Å². The number of carbonyl (C=O) groups excluding carboxylic acids is 2. The first kappa shape index (κ1) is 18.8. The van der Waals surface area contributed by atoms with E-state index >= 15 is 0 Å². The van der Waals surface area contributed by atoms with Gasteiger partial charge in [-0.3, -0.25) is 9.59 Å². The van der Waals surface area contributed by atoms with Crippen LogP contribution in [0, 0.1) is 11.6 Å². The normalized spacial score (nSPS) is 11.7. The Morgan fingerprint density at radius 3 is 2.24 bits per heavy atom. The molecule has 5 nitrogen and oxygen atoms in total. The fourth-order valence-corrected chi connectivity index (χ4v) is 2.34.